The van der Waals surface area contributed by atoms with Crippen LogP contribution in [0.5, 0.6) is 5.75 Å². The quantitative estimate of drug-likeness (QED) is 0.328. The molecule has 164 valence electrons. The average Bonchev–Trinajstić information content (AvgIpc) is 2.70. The Morgan fingerprint density at radius 1 is 1.27 bits per heavy atom. The van der Waals surface area contributed by atoms with Gasteiger partial charge in [-0.05, 0) is 86.8 Å². The van der Waals surface area contributed by atoms with Gasteiger partial charge in [0.05, 0.1) is 24.3 Å². The van der Waals surface area contributed by atoms with Gasteiger partial charge in [-0.2, -0.15) is 0 Å². The monoisotopic (exact) mass is 414 g/mol. The number of allylic oxidation sites excluding steroid dienone is 4. The molecule has 1 aliphatic rings. The minimum atomic E-state index is -0.431. The molecule has 1 aliphatic carbocycles. The Balaban J connectivity index is 2.46. The summed E-state index contributed by atoms with van der Waals surface area (Å²) in [5, 5.41) is 0. The Bertz CT molecular complexity index is 874. The number of ether oxygens (including phenoxy) is 2. The first kappa shape index (κ1) is 23.9. The zero-order chi connectivity index (χ0) is 22.5. The summed E-state index contributed by atoms with van der Waals surface area (Å²) in [5.41, 5.74) is 4.32. The number of rotatable bonds is 8. The van der Waals surface area contributed by atoms with Gasteiger partial charge in [0.2, 0.25) is 0 Å². The van der Waals surface area contributed by atoms with Gasteiger partial charge in [0.1, 0.15) is 11.6 Å². The van der Waals surface area contributed by atoms with Crippen LogP contribution in [0.1, 0.15) is 83.1 Å². The van der Waals surface area contributed by atoms with Crippen molar-refractivity contribution >= 4 is 11.8 Å². The Hall–Kier alpha value is -2.36. The van der Waals surface area contributed by atoms with Crippen molar-refractivity contribution in [2.45, 2.75) is 67.2 Å². The number of esters is 1. The van der Waals surface area contributed by atoms with E-state index in [1.807, 2.05) is 13.8 Å². The van der Waals surface area contributed by atoms with E-state index in [1.165, 1.54) is 5.57 Å². The number of carbonyl (C=O) groups is 1. The van der Waals surface area contributed by atoms with Crippen molar-refractivity contribution in [2.24, 2.45) is 5.41 Å². The van der Waals surface area contributed by atoms with Gasteiger partial charge in [0.25, 0.3) is 0 Å². The van der Waals surface area contributed by atoms with Crippen LogP contribution in [-0.2, 0) is 4.74 Å². The van der Waals surface area contributed by atoms with E-state index in [1.54, 1.807) is 25.1 Å². The fourth-order valence-corrected chi connectivity index (χ4v) is 4.19. The third-order valence-corrected chi connectivity index (χ3v) is 5.73. The first-order valence-electron chi connectivity index (χ1n) is 10.8. The fraction of sp³-hybridized carbons (Fsp3) is 0.500. The van der Waals surface area contributed by atoms with Gasteiger partial charge in [-0.25, -0.2) is 9.18 Å². The predicted molar refractivity (Wildman–Crippen MR) is 121 cm³/mol. The molecule has 4 heteroatoms. The molecule has 0 atom stereocenters. The van der Waals surface area contributed by atoms with Gasteiger partial charge in [0, 0.05) is 0 Å². The molecule has 0 unspecified atom stereocenters. The molecule has 0 N–H and O–H groups in total. The van der Waals surface area contributed by atoms with Crippen molar-refractivity contribution in [1.29, 1.82) is 0 Å². The summed E-state index contributed by atoms with van der Waals surface area (Å²) in [6, 6.07) is 4.73. The zero-order valence-electron chi connectivity index (χ0n) is 19.3. The van der Waals surface area contributed by atoms with Gasteiger partial charge in [-0.1, -0.05) is 32.9 Å². The van der Waals surface area contributed by atoms with Crippen LogP contribution < -0.4 is 4.74 Å². The number of carbonyl (C=O) groups excluding carboxylic acids is 1. The van der Waals surface area contributed by atoms with Gasteiger partial charge >= 0.3 is 5.97 Å². The molecule has 1 aromatic rings. The fourth-order valence-electron chi connectivity index (χ4n) is 4.19. The van der Waals surface area contributed by atoms with E-state index in [0.29, 0.717) is 35.7 Å². The predicted octanol–water partition coefficient (Wildman–Crippen LogP) is 7.44. The zero-order valence-corrected chi connectivity index (χ0v) is 19.3. The second-order valence-corrected chi connectivity index (χ2v) is 8.59. The van der Waals surface area contributed by atoms with Crippen LogP contribution in [-0.4, -0.2) is 19.2 Å². The summed E-state index contributed by atoms with van der Waals surface area (Å²) in [6.07, 6.45) is 3.97. The number of benzene rings is 1. The lowest BCUT2D eigenvalue weighted by atomic mass is 9.69. The molecule has 3 nitrogen and oxygen atoms in total. The summed E-state index contributed by atoms with van der Waals surface area (Å²) in [7, 11) is 0. The van der Waals surface area contributed by atoms with E-state index in [9.17, 15) is 4.79 Å². The van der Waals surface area contributed by atoms with Crippen LogP contribution in [0, 0.1) is 5.41 Å². The number of hydrogen-bond acceptors (Lipinski definition) is 3. The second kappa shape index (κ2) is 10.1. The van der Waals surface area contributed by atoms with Crippen LogP contribution in [0.25, 0.3) is 5.83 Å². The molecule has 30 heavy (non-hydrogen) atoms. The topological polar surface area (TPSA) is 35.5 Å². The maximum atomic E-state index is 15.6. The van der Waals surface area contributed by atoms with E-state index < -0.39 is 5.97 Å². The highest BCUT2D eigenvalue weighted by molar-refractivity contribution is 5.91. The lowest BCUT2D eigenvalue weighted by Crippen LogP contribution is -2.22. The summed E-state index contributed by atoms with van der Waals surface area (Å²) >= 11 is 0. The Morgan fingerprint density at radius 2 is 1.97 bits per heavy atom. The normalized spacial score (nSPS) is 16.8. The Kier molecular flexibility index (Phi) is 8.05. The van der Waals surface area contributed by atoms with Gasteiger partial charge in [0.15, 0.2) is 0 Å². The maximum Gasteiger partial charge on any atom is 0.338 e. The van der Waals surface area contributed by atoms with Gasteiger partial charge in [-0.15, -0.1) is 0 Å². The van der Waals surface area contributed by atoms with Crippen molar-refractivity contribution in [3.63, 3.8) is 0 Å². The summed E-state index contributed by atoms with van der Waals surface area (Å²) < 4.78 is 26.5. The van der Waals surface area contributed by atoms with Crippen molar-refractivity contribution in [1.82, 2.24) is 0 Å². The number of halogens is 1. The van der Waals surface area contributed by atoms with E-state index in [4.69, 9.17) is 9.47 Å². The molecule has 0 aliphatic heterocycles. The molecule has 0 saturated carbocycles. The lowest BCUT2D eigenvalue weighted by Gasteiger charge is -2.36. The van der Waals surface area contributed by atoms with Crippen molar-refractivity contribution in [3.8, 4) is 5.75 Å². The first-order chi connectivity index (χ1) is 14.1. The van der Waals surface area contributed by atoms with Crippen LogP contribution in [0.2, 0.25) is 0 Å². The smallest absolute Gasteiger partial charge is 0.338 e. The number of hydrogen-bond donors (Lipinski definition) is 0. The van der Waals surface area contributed by atoms with Crippen molar-refractivity contribution in [3.05, 3.63) is 58.2 Å². The summed E-state index contributed by atoms with van der Waals surface area (Å²) in [5.74, 6) is -0.472. The molecule has 0 radical (unpaired) electrons. The van der Waals surface area contributed by atoms with E-state index in [0.717, 1.165) is 36.8 Å². The van der Waals surface area contributed by atoms with Crippen LogP contribution in [0.15, 0.2) is 47.1 Å². The molecule has 2 rings (SSSR count). The average molecular weight is 415 g/mol. The SMILES string of the molecule is C=C(C1=C(C)CCCC1(C)C)/C(C)=C(\F)c1ccc(C(=O)OCCC)cc1OCC. The lowest BCUT2D eigenvalue weighted by molar-refractivity contribution is 0.0504. The van der Waals surface area contributed by atoms with Gasteiger partial charge < -0.3 is 9.47 Å². The van der Waals surface area contributed by atoms with Crippen LogP contribution in [0.4, 0.5) is 4.39 Å². The van der Waals surface area contributed by atoms with Gasteiger partial charge in [-0.3, -0.25) is 0 Å². The molecule has 0 spiro atoms. The summed E-state index contributed by atoms with van der Waals surface area (Å²) in [6.45, 7) is 17.0. The van der Waals surface area contributed by atoms with Crippen molar-refractivity contribution in [2.75, 3.05) is 13.2 Å². The molecule has 0 aromatic heterocycles. The third kappa shape index (κ3) is 5.21. The van der Waals surface area contributed by atoms with Crippen molar-refractivity contribution < 1.29 is 18.7 Å². The molecule has 0 bridgehead atoms. The Labute approximate surface area is 180 Å². The minimum Gasteiger partial charge on any atom is -0.493 e. The first-order valence-corrected chi connectivity index (χ1v) is 10.8. The minimum absolute atomic E-state index is 0.0312. The molecular weight excluding hydrogens is 379 g/mol. The second-order valence-electron chi connectivity index (χ2n) is 8.59. The van der Waals surface area contributed by atoms with Crippen LogP contribution >= 0.6 is 0 Å². The van der Waals surface area contributed by atoms with E-state index >= 15 is 4.39 Å². The maximum absolute atomic E-state index is 15.6. The largest absolute Gasteiger partial charge is 0.493 e. The highest BCUT2D eigenvalue weighted by atomic mass is 19.1. The third-order valence-electron chi connectivity index (χ3n) is 5.73. The molecule has 0 amide bonds. The van der Waals surface area contributed by atoms with Crippen LogP contribution in [0.3, 0.4) is 0 Å². The standard InChI is InChI=1S/C26H35FO3/c1-8-15-30-25(28)20-12-13-21(22(16-20)29-9-2)24(27)19(5)18(4)23-17(3)11-10-14-26(23,6)7/h12-13,16H,4,8-11,14-15H2,1-3,5-7H3/b24-19-. The molecule has 0 saturated heterocycles. The Morgan fingerprint density at radius 3 is 2.57 bits per heavy atom. The summed E-state index contributed by atoms with van der Waals surface area (Å²) in [4.78, 5) is 12.2. The highest BCUT2D eigenvalue weighted by Crippen LogP contribution is 2.46. The molecule has 1 aromatic carbocycles. The van der Waals surface area contributed by atoms with E-state index in [-0.39, 0.29) is 11.2 Å². The van der Waals surface area contributed by atoms with E-state index in [2.05, 4.69) is 27.4 Å². The molecular formula is C26H35FO3. The molecule has 0 fully saturated rings. The highest BCUT2D eigenvalue weighted by Gasteiger charge is 2.31. The molecule has 0 heterocycles.